The van der Waals surface area contributed by atoms with Gasteiger partial charge < -0.3 is 19.7 Å². The van der Waals surface area contributed by atoms with Gasteiger partial charge in [0.2, 0.25) is 0 Å². The Morgan fingerprint density at radius 2 is 2.31 bits per heavy atom. The van der Waals surface area contributed by atoms with Gasteiger partial charge in [-0.25, -0.2) is 0 Å². The van der Waals surface area contributed by atoms with Crippen molar-refractivity contribution in [1.29, 1.82) is 0 Å². The van der Waals surface area contributed by atoms with Gasteiger partial charge >= 0.3 is 0 Å². The van der Waals surface area contributed by atoms with Crippen LogP contribution >= 0.6 is 0 Å². The summed E-state index contributed by atoms with van der Waals surface area (Å²) in [4.78, 5) is 0. The number of hydrogen-bond donors (Lipinski definition) is 2. The minimum Gasteiger partial charge on any atom is -0.386 e. The number of hydrogen-bond acceptors (Lipinski definition) is 5. The number of ether oxygens (including phenoxy) is 1. The summed E-state index contributed by atoms with van der Waals surface area (Å²) in [5, 5.41) is 17.1. The van der Waals surface area contributed by atoms with Crippen molar-refractivity contribution in [3.63, 3.8) is 0 Å². The minimum absolute atomic E-state index is 0.418. The normalized spacial score (nSPS) is 25.2. The molecule has 2 N–H and O–H groups in total. The van der Waals surface area contributed by atoms with E-state index in [9.17, 15) is 5.11 Å². The third-order valence-electron chi connectivity index (χ3n) is 3.02. The van der Waals surface area contributed by atoms with E-state index in [1.165, 1.54) is 0 Å². The van der Waals surface area contributed by atoms with Gasteiger partial charge in [0.1, 0.15) is 11.4 Å². The molecule has 2 heterocycles. The molecule has 1 aromatic rings. The molecule has 5 heteroatoms. The van der Waals surface area contributed by atoms with Crippen LogP contribution in [-0.4, -0.2) is 35.6 Å². The SMILES string of the molecule is Cc1noc(C)c1CNCC1(O)CCOC1. The summed E-state index contributed by atoms with van der Waals surface area (Å²) in [6.45, 7) is 6.08. The topological polar surface area (TPSA) is 67.5 Å². The molecule has 0 aliphatic carbocycles. The van der Waals surface area contributed by atoms with E-state index in [2.05, 4.69) is 10.5 Å². The monoisotopic (exact) mass is 226 g/mol. The maximum absolute atomic E-state index is 10.0. The van der Waals surface area contributed by atoms with Gasteiger partial charge in [-0.05, 0) is 13.8 Å². The summed E-state index contributed by atoms with van der Waals surface area (Å²) in [5.41, 5.74) is 1.26. The first-order valence-electron chi connectivity index (χ1n) is 5.53. The standard InChI is InChI=1S/C11H18N2O3/c1-8-10(9(2)16-13-8)5-12-6-11(14)3-4-15-7-11/h12,14H,3-7H2,1-2H3. The Morgan fingerprint density at radius 1 is 1.50 bits per heavy atom. The van der Waals surface area contributed by atoms with Crippen molar-refractivity contribution >= 4 is 0 Å². The highest BCUT2D eigenvalue weighted by Gasteiger charge is 2.31. The van der Waals surface area contributed by atoms with Crippen molar-refractivity contribution in [3.05, 3.63) is 17.0 Å². The third-order valence-corrected chi connectivity index (χ3v) is 3.02. The van der Waals surface area contributed by atoms with Crippen LogP contribution in [0.1, 0.15) is 23.4 Å². The predicted molar refractivity (Wildman–Crippen MR) is 58.1 cm³/mol. The molecule has 1 saturated heterocycles. The number of aromatic nitrogens is 1. The van der Waals surface area contributed by atoms with Gasteiger partial charge in [-0.3, -0.25) is 0 Å². The molecule has 5 nitrogen and oxygen atoms in total. The smallest absolute Gasteiger partial charge is 0.138 e. The van der Waals surface area contributed by atoms with Gasteiger partial charge in [0.15, 0.2) is 0 Å². The van der Waals surface area contributed by atoms with E-state index in [-0.39, 0.29) is 0 Å². The Bertz CT molecular complexity index is 337. The minimum atomic E-state index is -0.709. The quantitative estimate of drug-likeness (QED) is 0.784. The lowest BCUT2D eigenvalue weighted by molar-refractivity contribution is 0.0268. The highest BCUT2D eigenvalue weighted by Crippen LogP contribution is 2.18. The van der Waals surface area contributed by atoms with Crippen LogP contribution in [-0.2, 0) is 11.3 Å². The number of nitrogens with one attached hydrogen (secondary N) is 1. The van der Waals surface area contributed by atoms with Crippen LogP contribution in [0.4, 0.5) is 0 Å². The van der Waals surface area contributed by atoms with Crippen molar-refractivity contribution in [3.8, 4) is 0 Å². The molecule has 1 aromatic heterocycles. The molecule has 1 aliphatic heterocycles. The Morgan fingerprint density at radius 3 is 2.88 bits per heavy atom. The lowest BCUT2D eigenvalue weighted by Gasteiger charge is -2.20. The zero-order valence-corrected chi connectivity index (χ0v) is 9.75. The molecule has 0 bridgehead atoms. The van der Waals surface area contributed by atoms with Crippen LogP contribution in [0.2, 0.25) is 0 Å². The van der Waals surface area contributed by atoms with Gasteiger partial charge in [0, 0.05) is 31.7 Å². The van der Waals surface area contributed by atoms with Crippen molar-refractivity contribution in [1.82, 2.24) is 10.5 Å². The van der Waals surface area contributed by atoms with Gasteiger partial charge in [-0.1, -0.05) is 5.16 Å². The van der Waals surface area contributed by atoms with E-state index in [0.717, 1.165) is 17.0 Å². The first-order chi connectivity index (χ1) is 7.61. The van der Waals surface area contributed by atoms with Gasteiger partial charge in [0.05, 0.1) is 12.3 Å². The fourth-order valence-corrected chi connectivity index (χ4v) is 1.91. The molecule has 90 valence electrons. The van der Waals surface area contributed by atoms with Gasteiger partial charge in [-0.15, -0.1) is 0 Å². The number of aryl methyl sites for hydroxylation is 2. The molecule has 2 rings (SSSR count). The summed E-state index contributed by atoms with van der Waals surface area (Å²) < 4.78 is 10.2. The molecule has 0 spiro atoms. The van der Waals surface area contributed by atoms with Crippen molar-refractivity contribution in [2.45, 2.75) is 32.4 Å². The molecule has 1 fully saturated rings. The Labute approximate surface area is 94.8 Å². The maximum Gasteiger partial charge on any atom is 0.138 e. The fourth-order valence-electron chi connectivity index (χ4n) is 1.91. The molecule has 0 saturated carbocycles. The maximum atomic E-state index is 10.0. The second-order valence-electron chi connectivity index (χ2n) is 4.43. The van der Waals surface area contributed by atoms with Crippen LogP contribution in [0.5, 0.6) is 0 Å². The highest BCUT2D eigenvalue weighted by molar-refractivity contribution is 5.20. The Balaban J connectivity index is 1.84. The number of rotatable bonds is 4. The zero-order valence-electron chi connectivity index (χ0n) is 9.75. The van der Waals surface area contributed by atoms with E-state index in [1.54, 1.807) is 0 Å². The molecular weight excluding hydrogens is 208 g/mol. The lowest BCUT2D eigenvalue weighted by Crippen LogP contribution is -2.40. The summed E-state index contributed by atoms with van der Waals surface area (Å²) >= 11 is 0. The van der Waals surface area contributed by atoms with Crippen LogP contribution in [0, 0.1) is 13.8 Å². The second kappa shape index (κ2) is 4.53. The summed E-state index contributed by atoms with van der Waals surface area (Å²) in [7, 11) is 0. The van der Waals surface area contributed by atoms with Crippen LogP contribution in [0.25, 0.3) is 0 Å². The predicted octanol–water partition coefficient (Wildman–Crippen LogP) is 0.532. The molecule has 0 aromatic carbocycles. The van der Waals surface area contributed by atoms with E-state index in [0.29, 0.717) is 32.7 Å². The van der Waals surface area contributed by atoms with E-state index in [4.69, 9.17) is 9.26 Å². The lowest BCUT2D eigenvalue weighted by atomic mass is 10.0. The Hall–Kier alpha value is -0.910. The third kappa shape index (κ3) is 2.42. The molecule has 0 radical (unpaired) electrons. The molecule has 1 atom stereocenters. The van der Waals surface area contributed by atoms with E-state index >= 15 is 0 Å². The van der Waals surface area contributed by atoms with E-state index in [1.807, 2.05) is 13.8 Å². The highest BCUT2D eigenvalue weighted by atomic mass is 16.5. The Kier molecular flexibility index (Phi) is 3.28. The first-order valence-corrected chi connectivity index (χ1v) is 5.53. The number of nitrogens with zero attached hydrogens (tertiary/aromatic N) is 1. The molecule has 0 amide bonds. The fraction of sp³-hybridized carbons (Fsp3) is 0.727. The van der Waals surface area contributed by atoms with E-state index < -0.39 is 5.60 Å². The summed E-state index contributed by atoms with van der Waals surface area (Å²) in [5.74, 6) is 0.833. The molecule has 1 aliphatic rings. The zero-order chi connectivity index (χ0) is 11.6. The molecule has 16 heavy (non-hydrogen) atoms. The molecular formula is C11H18N2O3. The van der Waals surface area contributed by atoms with Gasteiger partial charge in [0.25, 0.3) is 0 Å². The van der Waals surface area contributed by atoms with Crippen LogP contribution in [0.3, 0.4) is 0 Å². The van der Waals surface area contributed by atoms with Crippen molar-refractivity contribution < 1.29 is 14.4 Å². The van der Waals surface area contributed by atoms with Crippen molar-refractivity contribution in [2.75, 3.05) is 19.8 Å². The second-order valence-corrected chi connectivity index (χ2v) is 4.43. The van der Waals surface area contributed by atoms with Crippen LogP contribution < -0.4 is 5.32 Å². The van der Waals surface area contributed by atoms with Gasteiger partial charge in [-0.2, -0.15) is 0 Å². The first kappa shape index (κ1) is 11.6. The number of aliphatic hydroxyl groups is 1. The summed E-state index contributed by atoms with van der Waals surface area (Å²) in [6.07, 6.45) is 0.696. The largest absolute Gasteiger partial charge is 0.386 e. The van der Waals surface area contributed by atoms with Crippen molar-refractivity contribution in [2.24, 2.45) is 0 Å². The molecule has 1 unspecified atom stereocenters. The average molecular weight is 226 g/mol. The van der Waals surface area contributed by atoms with Crippen LogP contribution in [0.15, 0.2) is 4.52 Å². The average Bonchev–Trinajstić information content (AvgIpc) is 2.79. The summed E-state index contributed by atoms with van der Waals surface area (Å²) in [6, 6.07) is 0.